The molecule has 26 heavy (non-hydrogen) atoms. The van der Waals surface area contributed by atoms with Gasteiger partial charge in [-0.15, -0.1) is 0 Å². The van der Waals surface area contributed by atoms with Crippen LogP contribution in [-0.4, -0.2) is 60.6 Å². The van der Waals surface area contributed by atoms with Gasteiger partial charge in [0.1, 0.15) is 45.1 Å². The third-order valence-electron chi connectivity index (χ3n) is 6.56. The molecule has 7 nitrogen and oxygen atoms in total. The van der Waals surface area contributed by atoms with E-state index in [1.807, 2.05) is 15.7 Å². The number of nitrogens with one attached hydrogen (secondary N) is 1. The van der Waals surface area contributed by atoms with Crippen LogP contribution < -0.4 is 16.6 Å². The Bertz CT molecular complexity index is 1040. The number of aromatic nitrogens is 2. The highest BCUT2D eigenvalue weighted by Crippen LogP contribution is 2.54. The van der Waals surface area contributed by atoms with Gasteiger partial charge >= 0.3 is 0 Å². The maximum absolute atomic E-state index is 13.4. The molecule has 2 heterocycles. The van der Waals surface area contributed by atoms with Crippen LogP contribution in [-0.2, 0) is 15.0 Å². The zero-order valence-corrected chi connectivity index (χ0v) is 15.9. The van der Waals surface area contributed by atoms with E-state index < -0.39 is 21.8 Å². The van der Waals surface area contributed by atoms with E-state index in [4.69, 9.17) is 5.73 Å². The molecule has 0 spiro atoms. The standard InChI is InChI=1S/C14H19B5N4O3/c1-5-21-7-4-2-3-6(20)8(7)9(24)23(5)13(17)11(26)22-10(25)12(15,16)14(13,18)19/h2-4H,15-20H2,1H3,(H,22,25,26). The van der Waals surface area contributed by atoms with Gasteiger partial charge in [0.2, 0.25) is 11.8 Å². The van der Waals surface area contributed by atoms with Gasteiger partial charge in [-0.2, -0.15) is 0 Å². The second kappa shape index (κ2) is 5.31. The van der Waals surface area contributed by atoms with Crippen molar-refractivity contribution in [1.29, 1.82) is 0 Å². The van der Waals surface area contributed by atoms with Gasteiger partial charge in [0.25, 0.3) is 5.56 Å². The summed E-state index contributed by atoms with van der Waals surface area (Å²) in [6.45, 7) is 1.68. The molecule has 12 heteroatoms. The smallest absolute Gasteiger partial charge is 0.263 e. The number of anilines is 1. The van der Waals surface area contributed by atoms with Gasteiger partial charge in [-0.05, 0) is 24.3 Å². The zero-order valence-electron chi connectivity index (χ0n) is 15.9. The number of nitrogens with zero attached hydrogens (tertiary/aromatic N) is 2. The van der Waals surface area contributed by atoms with Gasteiger partial charge in [0.05, 0.1) is 16.3 Å². The number of nitrogen functional groups attached to an aromatic ring is 1. The van der Waals surface area contributed by atoms with Crippen LogP contribution in [0.5, 0.6) is 0 Å². The number of amides is 2. The number of nitrogens with two attached hydrogens (primary N) is 1. The minimum Gasteiger partial charge on any atom is -0.398 e. The highest BCUT2D eigenvalue weighted by molar-refractivity contribution is 6.66. The van der Waals surface area contributed by atoms with Gasteiger partial charge in [-0.3, -0.25) is 24.3 Å². The van der Waals surface area contributed by atoms with Crippen molar-refractivity contribution in [3.63, 3.8) is 0 Å². The van der Waals surface area contributed by atoms with E-state index >= 15 is 0 Å². The molecule has 1 aromatic heterocycles. The lowest BCUT2D eigenvalue weighted by Gasteiger charge is -2.56. The van der Waals surface area contributed by atoms with Crippen molar-refractivity contribution >= 4 is 67.6 Å². The fraction of sp³-hybridized carbons (Fsp3) is 0.286. The minimum atomic E-state index is -1.32. The summed E-state index contributed by atoms with van der Waals surface area (Å²) < 4.78 is 1.38. The monoisotopic (exact) mass is 346 g/mol. The fourth-order valence-corrected chi connectivity index (χ4v) is 3.83. The summed E-state index contributed by atoms with van der Waals surface area (Å²) in [4.78, 5) is 43.3. The summed E-state index contributed by atoms with van der Waals surface area (Å²) in [5.74, 6) is -0.486. The Balaban J connectivity index is 2.45. The summed E-state index contributed by atoms with van der Waals surface area (Å²) in [5, 5.41) is 0.952. The Morgan fingerprint density at radius 2 is 1.69 bits per heavy atom. The molecule has 3 N–H and O–H groups in total. The molecular weight excluding hydrogens is 326 g/mol. The molecule has 2 aromatic rings. The van der Waals surface area contributed by atoms with Crippen molar-refractivity contribution in [3.8, 4) is 0 Å². The molecule has 128 valence electrons. The van der Waals surface area contributed by atoms with E-state index in [1.165, 1.54) is 4.57 Å². The first kappa shape index (κ1) is 18.4. The topological polar surface area (TPSA) is 107 Å². The zero-order chi connectivity index (χ0) is 19.7. The maximum atomic E-state index is 13.4. The molecule has 1 aromatic carbocycles. The van der Waals surface area contributed by atoms with E-state index in [1.54, 1.807) is 48.7 Å². The van der Waals surface area contributed by atoms with Gasteiger partial charge in [0.15, 0.2) is 0 Å². The number of hydrogen-bond donors (Lipinski definition) is 2. The van der Waals surface area contributed by atoms with E-state index in [-0.39, 0.29) is 16.9 Å². The number of carbonyl (C=O) groups excluding carboxylic acids is 2. The summed E-state index contributed by atoms with van der Waals surface area (Å²) in [6, 6.07) is 5.08. The van der Waals surface area contributed by atoms with Gasteiger partial charge in [-0.25, -0.2) is 4.98 Å². The van der Waals surface area contributed by atoms with Crippen LogP contribution in [0.25, 0.3) is 10.9 Å². The molecule has 1 aliphatic heterocycles. The van der Waals surface area contributed by atoms with Gasteiger partial charge in [0, 0.05) is 5.69 Å². The lowest BCUT2D eigenvalue weighted by molar-refractivity contribution is -0.139. The van der Waals surface area contributed by atoms with Crippen LogP contribution in [0.1, 0.15) is 5.82 Å². The quantitative estimate of drug-likeness (QED) is 0.306. The first-order valence-corrected chi connectivity index (χ1v) is 8.51. The predicted octanol–water partition coefficient (Wildman–Crippen LogP) is -5.01. The number of aryl methyl sites for hydroxylation is 1. The van der Waals surface area contributed by atoms with E-state index in [0.29, 0.717) is 17.0 Å². The number of piperidine rings is 1. The third-order valence-corrected chi connectivity index (χ3v) is 6.56. The lowest BCUT2D eigenvalue weighted by Crippen LogP contribution is -2.71. The van der Waals surface area contributed by atoms with Crippen molar-refractivity contribution in [2.75, 3.05) is 5.73 Å². The molecule has 1 atom stereocenters. The van der Waals surface area contributed by atoms with Crippen molar-refractivity contribution in [2.24, 2.45) is 0 Å². The number of hydrogen-bond acceptors (Lipinski definition) is 5. The Kier molecular flexibility index (Phi) is 3.76. The van der Waals surface area contributed by atoms with Gasteiger partial charge < -0.3 is 5.73 Å². The number of benzene rings is 1. The average molecular weight is 345 g/mol. The molecule has 0 bridgehead atoms. The number of rotatable bonds is 1. The molecule has 1 fully saturated rings. The Morgan fingerprint density at radius 1 is 1.08 bits per heavy atom. The van der Waals surface area contributed by atoms with Crippen molar-refractivity contribution < 1.29 is 9.59 Å². The Hall–Kier alpha value is -2.38. The first-order chi connectivity index (χ1) is 11.9. The van der Waals surface area contributed by atoms with Crippen molar-refractivity contribution in [2.45, 2.75) is 22.8 Å². The molecule has 1 saturated heterocycles. The molecule has 3 rings (SSSR count). The van der Waals surface area contributed by atoms with Crippen LogP contribution in [0.15, 0.2) is 23.0 Å². The Morgan fingerprint density at radius 3 is 2.31 bits per heavy atom. The molecule has 1 unspecified atom stereocenters. The van der Waals surface area contributed by atoms with E-state index in [2.05, 4.69) is 10.3 Å². The summed E-state index contributed by atoms with van der Waals surface area (Å²) in [5.41, 5.74) is 5.10. The molecule has 0 radical (unpaired) electrons. The molecule has 0 aliphatic carbocycles. The highest BCUT2D eigenvalue weighted by atomic mass is 16.2. The normalized spacial score (nSPS) is 24.3. The fourth-order valence-electron chi connectivity index (χ4n) is 3.83. The third kappa shape index (κ3) is 2.01. The predicted molar refractivity (Wildman–Crippen MR) is 114 cm³/mol. The van der Waals surface area contributed by atoms with Crippen LogP contribution in [0.2, 0.25) is 10.4 Å². The molecule has 2 amide bonds. The number of fused-ring (bicyclic) bond motifs is 1. The minimum absolute atomic E-state index is 0.276. The summed E-state index contributed by atoms with van der Waals surface area (Å²) in [7, 11) is 8.88. The Labute approximate surface area is 155 Å². The number of carbonyl (C=O) groups is 2. The maximum Gasteiger partial charge on any atom is 0.263 e. The van der Waals surface area contributed by atoms with Crippen LogP contribution in [0.4, 0.5) is 5.69 Å². The largest absolute Gasteiger partial charge is 0.398 e. The highest BCUT2D eigenvalue weighted by Gasteiger charge is 2.62. The van der Waals surface area contributed by atoms with Crippen LogP contribution in [0.3, 0.4) is 0 Å². The summed E-state index contributed by atoms with van der Waals surface area (Å²) >= 11 is 0. The first-order valence-electron chi connectivity index (χ1n) is 8.51. The molecule has 0 saturated carbocycles. The molecule has 1 aliphatic rings. The second-order valence-corrected chi connectivity index (χ2v) is 8.15. The SMILES string of the molecule is BC1(B)C(=O)NC(=O)C(B)(n2c(C)nc3cccc(N)c3c2=O)C1(B)B. The van der Waals surface area contributed by atoms with Crippen LogP contribution in [0, 0.1) is 6.92 Å². The summed E-state index contributed by atoms with van der Waals surface area (Å²) in [6.07, 6.45) is 0. The van der Waals surface area contributed by atoms with Gasteiger partial charge in [-0.1, -0.05) is 11.3 Å². The lowest BCUT2D eigenvalue weighted by atomic mass is 9.21. The van der Waals surface area contributed by atoms with Crippen molar-refractivity contribution in [3.05, 3.63) is 34.4 Å². The molecular formula is C14H19B5N4O3. The van der Waals surface area contributed by atoms with Crippen LogP contribution >= 0.6 is 0 Å². The van der Waals surface area contributed by atoms with Crippen molar-refractivity contribution in [1.82, 2.24) is 14.9 Å². The van der Waals surface area contributed by atoms with E-state index in [0.717, 1.165) is 0 Å². The second-order valence-electron chi connectivity index (χ2n) is 8.15. The average Bonchev–Trinajstić information content (AvgIpc) is 2.52. The van der Waals surface area contributed by atoms with E-state index in [9.17, 15) is 14.4 Å². The number of imide groups is 1.